The fraction of sp³-hybridized carbons (Fsp3) is 1.00. The maximum absolute atomic E-state index is 9.39. The predicted molar refractivity (Wildman–Crippen MR) is 53.8 cm³/mol. The van der Waals surface area contributed by atoms with E-state index in [2.05, 4.69) is 4.90 Å². The molecule has 4 atom stereocenters. The molecule has 1 saturated heterocycles. The summed E-state index contributed by atoms with van der Waals surface area (Å²) >= 11 is 0. The van der Waals surface area contributed by atoms with Gasteiger partial charge in [-0.2, -0.15) is 0 Å². The normalized spacial score (nSPS) is 44.8. The summed E-state index contributed by atoms with van der Waals surface area (Å²) < 4.78 is 0. The summed E-state index contributed by atoms with van der Waals surface area (Å²) in [5.41, 5.74) is 5.97. The van der Waals surface area contributed by atoms with Crippen molar-refractivity contribution >= 4 is 0 Å². The van der Waals surface area contributed by atoms with E-state index in [0.29, 0.717) is 25.0 Å². The molecule has 4 unspecified atom stereocenters. The van der Waals surface area contributed by atoms with E-state index in [1.807, 2.05) is 0 Å². The lowest BCUT2D eigenvalue weighted by Crippen LogP contribution is -2.35. The SMILES string of the molecule is NC1CCCC1CN1CC(O)C(O)C1. The monoisotopic (exact) mass is 200 g/mol. The van der Waals surface area contributed by atoms with Crippen molar-refractivity contribution in [2.75, 3.05) is 19.6 Å². The molecule has 1 aliphatic heterocycles. The van der Waals surface area contributed by atoms with Gasteiger partial charge in [-0.1, -0.05) is 6.42 Å². The molecule has 4 N–H and O–H groups in total. The summed E-state index contributed by atoms with van der Waals surface area (Å²) in [6.07, 6.45) is 2.43. The van der Waals surface area contributed by atoms with Gasteiger partial charge in [-0.05, 0) is 18.8 Å². The number of hydrogen-bond donors (Lipinski definition) is 3. The third-order valence-electron chi connectivity index (χ3n) is 3.55. The smallest absolute Gasteiger partial charge is 0.0938 e. The fourth-order valence-corrected chi connectivity index (χ4v) is 2.62. The van der Waals surface area contributed by atoms with Gasteiger partial charge in [-0.15, -0.1) is 0 Å². The molecule has 2 fully saturated rings. The van der Waals surface area contributed by atoms with Crippen LogP contribution in [0.15, 0.2) is 0 Å². The van der Waals surface area contributed by atoms with E-state index in [-0.39, 0.29) is 0 Å². The minimum Gasteiger partial charge on any atom is -0.389 e. The minimum absolute atomic E-state index is 0.324. The molecule has 0 aromatic carbocycles. The van der Waals surface area contributed by atoms with Gasteiger partial charge in [-0.25, -0.2) is 0 Å². The molecule has 2 aliphatic rings. The van der Waals surface area contributed by atoms with Crippen LogP contribution >= 0.6 is 0 Å². The van der Waals surface area contributed by atoms with Crippen LogP contribution in [0.25, 0.3) is 0 Å². The van der Waals surface area contributed by atoms with Crippen LogP contribution in [-0.4, -0.2) is 53.0 Å². The van der Waals surface area contributed by atoms with Gasteiger partial charge in [0.1, 0.15) is 0 Å². The van der Waals surface area contributed by atoms with E-state index < -0.39 is 12.2 Å². The van der Waals surface area contributed by atoms with Crippen molar-refractivity contribution in [1.82, 2.24) is 4.90 Å². The topological polar surface area (TPSA) is 69.7 Å². The molecule has 1 aliphatic carbocycles. The molecule has 0 amide bonds. The number of rotatable bonds is 2. The molecule has 0 spiro atoms. The van der Waals surface area contributed by atoms with E-state index in [0.717, 1.165) is 13.0 Å². The number of likely N-dealkylation sites (tertiary alicyclic amines) is 1. The highest BCUT2D eigenvalue weighted by Gasteiger charge is 2.33. The Hall–Kier alpha value is -0.160. The van der Waals surface area contributed by atoms with Gasteiger partial charge < -0.3 is 15.9 Å². The minimum atomic E-state index is -0.562. The van der Waals surface area contributed by atoms with Crippen molar-refractivity contribution in [3.05, 3.63) is 0 Å². The van der Waals surface area contributed by atoms with Crippen molar-refractivity contribution in [3.8, 4) is 0 Å². The van der Waals surface area contributed by atoms with Gasteiger partial charge >= 0.3 is 0 Å². The Bertz CT molecular complexity index is 191. The largest absolute Gasteiger partial charge is 0.389 e. The second-order valence-electron chi connectivity index (χ2n) is 4.71. The average Bonchev–Trinajstić information content (AvgIpc) is 2.63. The van der Waals surface area contributed by atoms with E-state index in [1.54, 1.807) is 0 Å². The Morgan fingerprint density at radius 1 is 1.14 bits per heavy atom. The maximum atomic E-state index is 9.39. The Labute approximate surface area is 84.7 Å². The Kier molecular flexibility index (Phi) is 3.07. The summed E-state index contributed by atoms with van der Waals surface area (Å²) in [6, 6.07) is 0.324. The molecule has 1 heterocycles. The number of aliphatic hydroxyl groups is 2. The van der Waals surface area contributed by atoms with Crippen LogP contribution in [0, 0.1) is 5.92 Å². The van der Waals surface area contributed by atoms with Crippen LogP contribution in [-0.2, 0) is 0 Å². The van der Waals surface area contributed by atoms with E-state index in [1.165, 1.54) is 12.8 Å². The van der Waals surface area contributed by atoms with Gasteiger partial charge in [-0.3, -0.25) is 4.90 Å². The first kappa shape index (κ1) is 10.4. The molecule has 0 aromatic rings. The molecule has 1 saturated carbocycles. The second kappa shape index (κ2) is 4.14. The molecule has 0 aromatic heterocycles. The van der Waals surface area contributed by atoms with Crippen molar-refractivity contribution in [1.29, 1.82) is 0 Å². The number of nitrogens with zero attached hydrogens (tertiary/aromatic N) is 1. The molecular formula is C10H20N2O2. The van der Waals surface area contributed by atoms with Gasteiger partial charge in [0, 0.05) is 25.7 Å². The van der Waals surface area contributed by atoms with Gasteiger partial charge in [0.2, 0.25) is 0 Å². The molecule has 4 nitrogen and oxygen atoms in total. The van der Waals surface area contributed by atoms with Crippen LogP contribution in [0.5, 0.6) is 0 Å². The first-order chi connectivity index (χ1) is 6.66. The molecule has 82 valence electrons. The number of hydrogen-bond acceptors (Lipinski definition) is 4. The highest BCUT2D eigenvalue weighted by Crippen LogP contribution is 2.26. The lowest BCUT2D eigenvalue weighted by molar-refractivity contribution is 0.0572. The summed E-state index contributed by atoms with van der Waals surface area (Å²) in [4.78, 5) is 2.13. The molecule has 14 heavy (non-hydrogen) atoms. The third-order valence-corrected chi connectivity index (χ3v) is 3.55. The highest BCUT2D eigenvalue weighted by molar-refractivity contribution is 4.88. The first-order valence-corrected chi connectivity index (χ1v) is 5.51. The Balaban J connectivity index is 1.81. The van der Waals surface area contributed by atoms with Crippen LogP contribution < -0.4 is 5.73 Å². The summed E-state index contributed by atoms with van der Waals surface area (Å²) in [7, 11) is 0. The van der Waals surface area contributed by atoms with Crippen molar-refractivity contribution in [2.24, 2.45) is 11.7 Å². The second-order valence-corrected chi connectivity index (χ2v) is 4.71. The van der Waals surface area contributed by atoms with Crippen LogP contribution in [0.1, 0.15) is 19.3 Å². The summed E-state index contributed by atoms with van der Waals surface area (Å²) in [5.74, 6) is 0.562. The number of β-amino-alcohol motifs (C(OH)–C–C–N with tert-alkyl or cyclic N) is 2. The summed E-state index contributed by atoms with van der Waals surface area (Å²) in [6.45, 7) is 2.14. The van der Waals surface area contributed by atoms with Crippen LogP contribution in [0.3, 0.4) is 0 Å². The van der Waals surface area contributed by atoms with Crippen LogP contribution in [0.2, 0.25) is 0 Å². The Morgan fingerprint density at radius 3 is 2.29 bits per heavy atom. The lowest BCUT2D eigenvalue weighted by atomic mass is 10.0. The Morgan fingerprint density at radius 2 is 1.79 bits per heavy atom. The predicted octanol–water partition coefficient (Wildman–Crippen LogP) is -0.849. The third kappa shape index (κ3) is 2.08. The standard InChI is InChI=1S/C10H20N2O2/c11-8-3-1-2-7(8)4-12-5-9(13)10(14)6-12/h7-10,13-14H,1-6,11H2. The average molecular weight is 200 g/mol. The van der Waals surface area contributed by atoms with Crippen molar-refractivity contribution in [2.45, 2.75) is 37.5 Å². The number of aliphatic hydroxyl groups excluding tert-OH is 2. The quantitative estimate of drug-likeness (QED) is 0.543. The molecule has 4 heteroatoms. The zero-order chi connectivity index (χ0) is 10.1. The maximum Gasteiger partial charge on any atom is 0.0938 e. The fourth-order valence-electron chi connectivity index (χ4n) is 2.62. The van der Waals surface area contributed by atoms with Gasteiger partial charge in [0.15, 0.2) is 0 Å². The molecular weight excluding hydrogens is 180 g/mol. The van der Waals surface area contributed by atoms with E-state index in [9.17, 15) is 10.2 Å². The first-order valence-electron chi connectivity index (χ1n) is 5.51. The van der Waals surface area contributed by atoms with E-state index >= 15 is 0 Å². The van der Waals surface area contributed by atoms with Gasteiger partial charge in [0.25, 0.3) is 0 Å². The zero-order valence-corrected chi connectivity index (χ0v) is 8.47. The molecule has 2 rings (SSSR count). The zero-order valence-electron chi connectivity index (χ0n) is 8.47. The number of nitrogens with two attached hydrogens (primary N) is 1. The molecule has 0 bridgehead atoms. The highest BCUT2D eigenvalue weighted by atomic mass is 16.3. The summed E-state index contributed by atoms with van der Waals surface area (Å²) in [5, 5.41) is 18.8. The van der Waals surface area contributed by atoms with Gasteiger partial charge in [0.05, 0.1) is 12.2 Å². The lowest BCUT2D eigenvalue weighted by Gasteiger charge is -2.22. The van der Waals surface area contributed by atoms with Crippen molar-refractivity contribution in [3.63, 3.8) is 0 Å². The van der Waals surface area contributed by atoms with Crippen molar-refractivity contribution < 1.29 is 10.2 Å². The van der Waals surface area contributed by atoms with Crippen LogP contribution in [0.4, 0.5) is 0 Å². The molecule has 0 radical (unpaired) electrons. The van der Waals surface area contributed by atoms with E-state index in [4.69, 9.17) is 5.73 Å².